The number of rotatable bonds is 3. The predicted octanol–water partition coefficient (Wildman–Crippen LogP) is 3.46. The van der Waals surface area contributed by atoms with Crippen LogP contribution >= 0.6 is 11.6 Å². The second-order valence-corrected chi connectivity index (χ2v) is 5.88. The summed E-state index contributed by atoms with van der Waals surface area (Å²) in [7, 11) is 0. The van der Waals surface area contributed by atoms with E-state index in [1.807, 2.05) is 0 Å². The first-order valence-corrected chi connectivity index (χ1v) is 7.88. The van der Waals surface area contributed by atoms with Gasteiger partial charge in [0.1, 0.15) is 5.82 Å². The molecule has 2 heterocycles. The maximum atomic E-state index is 13.2. The predicted molar refractivity (Wildman–Crippen MR) is 94.3 cm³/mol. The van der Waals surface area contributed by atoms with Crippen molar-refractivity contribution in [3.63, 3.8) is 0 Å². The molecular formula is C17H10ClFN6O. The number of benzene rings is 2. The molecule has 0 saturated heterocycles. The first-order chi connectivity index (χ1) is 12.6. The highest BCUT2D eigenvalue weighted by Crippen LogP contribution is 2.28. The minimum atomic E-state index is -0.381. The number of nitrogens with zero attached hydrogens (tertiary/aromatic N) is 4. The van der Waals surface area contributed by atoms with Crippen LogP contribution in [0.3, 0.4) is 0 Å². The fraction of sp³-hybridized carbons (Fsp3) is 0. The van der Waals surface area contributed by atoms with Crippen molar-refractivity contribution in [2.24, 2.45) is 0 Å². The number of halogens is 2. The summed E-state index contributed by atoms with van der Waals surface area (Å²) in [6.07, 6.45) is 1.39. The monoisotopic (exact) mass is 368 g/mol. The number of aromatic amines is 1. The fourth-order valence-electron chi connectivity index (χ4n) is 2.50. The van der Waals surface area contributed by atoms with Crippen LogP contribution in [0, 0.1) is 5.82 Å². The number of carbonyl (C=O) groups is 1. The third-order valence-corrected chi connectivity index (χ3v) is 3.96. The molecule has 0 bridgehead atoms. The Kier molecular flexibility index (Phi) is 4.02. The van der Waals surface area contributed by atoms with Crippen LogP contribution in [0.1, 0.15) is 10.4 Å². The number of amides is 1. The average molecular weight is 369 g/mol. The van der Waals surface area contributed by atoms with Gasteiger partial charge in [-0.3, -0.25) is 9.78 Å². The Morgan fingerprint density at radius 3 is 2.85 bits per heavy atom. The molecule has 2 aromatic heterocycles. The molecule has 4 rings (SSSR count). The van der Waals surface area contributed by atoms with Crippen molar-refractivity contribution in [2.75, 3.05) is 5.32 Å². The molecule has 2 aromatic carbocycles. The molecule has 26 heavy (non-hydrogen) atoms. The summed E-state index contributed by atoms with van der Waals surface area (Å²) in [5.41, 5.74) is 1.80. The average Bonchev–Trinajstić information content (AvgIpc) is 3.17. The van der Waals surface area contributed by atoms with Gasteiger partial charge in [-0.1, -0.05) is 11.6 Å². The van der Waals surface area contributed by atoms with Gasteiger partial charge in [0.2, 0.25) is 5.82 Å². The SMILES string of the molecule is O=C(Nc1ccc(Cl)cc1-c1nn[nH]n1)c1cnc2cc(F)ccc2c1. The number of nitrogens with one attached hydrogen (secondary N) is 2. The summed E-state index contributed by atoms with van der Waals surface area (Å²) in [4.78, 5) is 16.7. The van der Waals surface area contributed by atoms with Gasteiger partial charge in [-0.2, -0.15) is 5.21 Å². The molecule has 0 aliphatic rings. The quantitative estimate of drug-likeness (QED) is 0.577. The van der Waals surface area contributed by atoms with Gasteiger partial charge in [0.05, 0.1) is 16.8 Å². The lowest BCUT2D eigenvalue weighted by Gasteiger charge is -2.10. The van der Waals surface area contributed by atoms with Crippen molar-refractivity contribution in [1.29, 1.82) is 0 Å². The highest BCUT2D eigenvalue weighted by atomic mass is 35.5. The Balaban J connectivity index is 1.68. The normalized spacial score (nSPS) is 10.8. The van der Waals surface area contributed by atoms with Crippen LogP contribution in [0.15, 0.2) is 48.7 Å². The largest absolute Gasteiger partial charge is 0.321 e. The first kappa shape index (κ1) is 16.1. The lowest BCUT2D eigenvalue weighted by Crippen LogP contribution is -2.13. The van der Waals surface area contributed by atoms with Crippen molar-refractivity contribution in [2.45, 2.75) is 0 Å². The van der Waals surface area contributed by atoms with Gasteiger partial charge in [-0.25, -0.2) is 4.39 Å². The number of carbonyl (C=O) groups excluding carboxylic acids is 1. The molecular weight excluding hydrogens is 359 g/mol. The molecule has 1 amide bonds. The Morgan fingerprint density at radius 1 is 1.15 bits per heavy atom. The maximum absolute atomic E-state index is 13.2. The fourth-order valence-corrected chi connectivity index (χ4v) is 2.67. The van der Waals surface area contributed by atoms with E-state index in [1.165, 1.54) is 18.3 Å². The molecule has 0 unspecified atom stereocenters. The van der Waals surface area contributed by atoms with Crippen LogP contribution < -0.4 is 5.32 Å². The summed E-state index contributed by atoms with van der Waals surface area (Å²) in [6.45, 7) is 0. The van der Waals surface area contributed by atoms with Gasteiger partial charge in [-0.15, -0.1) is 10.2 Å². The standard InChI is InChI=1S/C17H10ClFN6O/c18-11-2-4-14(13(6-11)16-22-24-25-23-16)21-17(26)10-5-9-1-3-12(19)7-15(9)20-8-10/h1-8H,(H,21,26)(H,22,23,24,25). The molecule has 4 aromatic rings. The van der Waals surface area contributed by atoms with Crippen molar-refractivity contribution in [1.82, 2.24) is 25.6 Å². The zero-order valence-corrected chi connectivity index (χ0v) is 13.8. The van der Waals surface area contributed by atoms with Crippen LogP contribution in [-0.2, 0) is 0 Å². The van der Waals surface area contributed by atoms with E-state index in [0.717, 1.165) is 0 Å². The number of aromatic nitrogens is 5. The number of tetrazole rings is 1. The number of pyridine rings is 1. The van der Waals surface area contributed by atoms with Crippen molar-refractivity contribution >= 4 is 34.1 Å². The van der Waals surface area contributed by atoms with E-state index >= 15 is 0 Å². The van der Waals surface area contributed by atoms with E-state index in [4.69, 9.17) is 11.6 Å². The summed E-state index contributed by atoms with van der Waals surface area (Å²) in [5, 5.41) is 17.6. The van der Waals surface area contributed by atoms with Crippen molar-refractivity contribution in [3.8, 4) is 11.4 Å². The molecule has 7 nitrogen and oxygen atoms in total. The Morgan fingerprint density at radius 2 is 2.04 bits per heavy atom. The van der Waals surface area contributed by atoms with E-state index in [9.17, 15) is 9.18 Å². The number of fused-ring (bicyclic) bond motifs is 1. The van der Waals surface area contributed by atoms with Crippen LogP contribution in [-0.4, -0.2) is 31.5 Å². The molecule has 0 aliphatic heterocycles. The highest BCUT2D eigenvalue weighted by Gasteiger charge is 2.14. The van der Waals surface area contributed by atoms with Crippen LogP contribution in [0.4, 0.5) is 10.1 Å². The van der Waals surface area contributed by atoms with E-state index < -0.39 is 0 Å². The molecule has 0 saturated carbocycles. The van der Waals surface area contributed by atoms with Gasteiger partial charge in [-0.05, 0) is 41.6 Å². The lowest BCUT2D eigenvalue weighted by molar-refractivity contribution is 0.102. The molecule has 0 atom stereocenters. The topological polar surface area (TPSA) is 96.5 Å². The number of hydrogen-bond donors (Lipinski definition) is 2. The second kappa shape index (κ2) is 6.49. The zero-order chi connectivity index (χ0) is 18.1. The van der Waals surface area contributed by atoms with Crippen molar-refractivity contribution in [3.05, 3.63) is 65.1 Å². The molecule has 2 N–H and O–H groups in total. The minimum Gasteiger partial charge on any atom is -0.321 e. The summed E-state index contributed by atoms with van der Waals surface area (Å²) >= 11 is 6.03. The molecule has 0 spiro atoms. The number of hydrogen-bond acceptors (Lipinski definition) is 5. The van der Waals surface area contributed by atoms with E-state index in [0.29, 0.717) is 38.6 Å². The van der Waals surface area contributed by atoms with Gasteiger partial charge in [0.15, 0.2) is 0 Å². The van der Waals surface area contributed by atoms with Crippen LogP contribution in [0.5, 0.6) is 0 Å². The van der Waals surface area contributed by atoms with Gasteiger partial charge < -0.3 is 5.32 Å². The zero-order valence-electron chi connectivity index (χ0n) is 13.1. The molecule has 0 radical (unpaired) electrons. The van der Waals surface area contributed by atoms with Crippen LogP contribution in [0.25, 0.3) is 22.3 Å². The van der Waals surface area contributed by atoms with E-state index in [2.05, 4.69) is 30.9 Å². The molecule has 0 fully saturated rings. The smallest absolute Gasteiger partial charge is 0.257 e. The summed E-state index contributed by atoms with van der Waals surface area (Å²) in [5.74, 6) is -0.459. The van der Waals surface area contributed by atoms with Crippen LogP contribution in [0.2, 0.25) is 5.02 Å². The van der Waals surface area contributed by atoms with Crippen molar-refractivity contribution < 1.29 is 9.18 Å². The summed E-state index contributed by atoms with van der Waals surface area (Å²) in [6, 6.07) is 10.8. The lowest BCUT2D eigenvalue weighted by atomic mass is 10.1. The highest BCUT2D eigenvalue weighted by molar-refractivity contribution is 6.31. The molecule has 128 valence electrons. The van der Waals surface area contributed by atoms with Gasteiger partial charge >= 0.3 is 0 Å². The maximum Gasteiger partial charge on any atom is 0.257 e. The molecule has 0 aliphatic carbocycles. The first-order valence-electron chi connectivity index (χ1n) is 7.50. The van der Waals surface area contributed by atoms with E-state index in [-0.39, 0.29) is 11.7 Å². The second-order valence-electron chi connectivity index (χ2n) is 5.44. The third kappa shape index (κ3) is 3.09. The Bertz CT molecular complexity index is 1120. The Hall–Kier alpha value is -3.39. The van der Waals surface area contributed by atoms with Gasteiger partial charge in [0.25, 0.3) is 5.91 Å². The number of anilines is 1. The van der Waals surface area contributed by atoms with Gasteiger partial charge in [0, 0.05) is 28.2 Å². The van der Waals surface area contributed by atoms with E-state index in [1.54, 1.807) is 30.3 Å². The molecule has 9 heteroatoms. The number of H-pyrrole nitrogens is 1. The summed E-state index contributed by atoms with van der Waals surface area (Å²) < 4.78 is 13.2. The Labute approximate surface area is 151 Å². The minimum absolute atomic E-state index is 0.301. The third-order valence-electron chi connectivity index (χ3n) is 3.72.